The van der Waals surface area contributed by atoms with Crippen molar-refractivity contribution < 1.29 is 9.53 Å². The van der Waals surface area contributed by atoms with Crippen molar-refractivity contribution in [2.75, 3.05) is 13.2 Å². The van der Waals surface area contributed by atoms with Crippen molar-refractivity contribution in [3.63, 3.8) is 0 Å². The predicted octanol–water partition coefficient (Wildman–Crippen LogP) is 2.05. The number of ether oxygens (including phenoxy) is 1. The average Bonchev–Trinajstić information content (AvgIpc) is 2.26. The van der Waals surface area contributed by atoms with Gasteiger partial charge in [0, 0.05) is 19.3 Å². The third-order valence-electron chi connectivity index (χ3n) is 2.81. The second-order valence-electron chi connectivity index (χ2n) is 4.49. The fourth-order valence-electron chi connectivity index (χ4n) is 1.86. The van der Waals surface area contributed by atoms with Gasteiger partial charge in [-0.25, -0.2) is 0 Å². The summed E-state index contributed by atoms with van der Waals surface area (Å²) in [5.41, 5.74) is -0.406. The maximum atomic E-state index is 12.2. The summed E-state index contributed by atoms with van der Waals surface area (Å²) in [5, 5.41) is 2.98. The number of hydrogen-bond acceptors (Lipinski definition) is 2. The number of carbonyl (C=O) groups is 1. The Hall–Kier alpha value is -1.09. The Balaban J connectivity index is 2.80. The van der Waals surface area contributed by atoms with Crippen LogP contribution < -0.4 is 5.32 Å². The Bertz CT molecular complexity index is 276. The second kappa shape index (κ2) is 5.85. The molecule has 3 nitrogen and oxygen atoms in total. The second-order valence-corrected chi connectivity index (χ2v) is 4.49. The van der Waals surface area contributed by atoms with Crippen molar-refractivity contribution >= 4 is 5.91 Å². The largest absolute Gasteiger partial charge is 0.381 e. The number of allylic oxidation sites excluding steroid dienone is 2. The summed E-state index contributed by atoms with van der Waals surface area (Å²) in [6.45, 7) is 8.89. The Morgan fingerprint density at radius 3 is 2.56 bits per heavy atom. The smallest absolute Gasteiger partial charge is 0.230 e. The molecule has 1 aliphatic rings. The van der Waals surface area contributed by atoms with Crippen LogP contribution in [-0.2, 0) is 9.53 Å². The maximum Gasteiger partial charge on any atom is 0.230 e. The van der Waals surface area contributed by atoms with Crippen molar-refractivity contribution in [1.29, 1.82) is 0 Å². The third kappa shape index (κ3) is 3.20. The molecule has 0 radical (unpaired) electrons. The number of nitrogens with one attached hydrogen (secondary N) is 1. The third-order valence-corrected chi connectivity index (χ3v) is 2.81. The molecule has 3 heteroatoms. The lowest BCUT2D eigenvalue weighted by molar-refractivity contribution is -0.133. The molecule has 1 amide bonds. The first-order chi connectivity index (χ1) is 7.60. The SMILES string of the molecule is C=C/C=C/C1(C(=O)NC(C)C)CCOCC1. The molecule has 0 aromatic rings. The summed E-state index contributed by atoms with van der Waals surface area (Å²) in [6.07, 6.45) is 7.01. The molecule has 16 heavy (non-hydrogen) atoms. The number of rotatable bonds is 4. The van der Waals surface area contributed by atoms with Gasteiger partial charge >= 0.3 is 0 Å². The van der Waals surface area contributed by atoms with E-state index in [1.807, 2.05) is 26.0 Å². The minimum absolute atomic E-state index is 0.101. The molecule has 0 unspecified atom stereocenters. The zero-order valence-electron chi connectivity index (χ0n) is 10.2. The van der Waals surface area contributed by atoms with Crippen LogP contribution in [0.4, 0.5) is 0 Å². The van der Waals surface area contributed by atoms with E-state index in [0.29, 0.717) is 13.2 Å². The first-order valence-corrected chi connectivity index (χ1v) is 5.80. The highest BCUT2D eigenvalue weighted by atomic mass is 16.5. The quantitative estimate of drug-likeness (QED) is 0.741. The molecule has 1 aliphatic heterocycles. The van der Waals surface area contributed by atoms with Gasteiger partial charge in [-0.3, -0.25) is 4.79 Å². The van der Waals surface area contributed by atoms with E-state index in [9.17, 15) is 4.79 Å². The minimum Gasteiger partial charge on any atom is -0.381 e. The maximum absolute atomic E-state index is 12.2. The molecule has 90 valence electrons. The lowest BCUT2D eigenvalue weighted by atomic mass is 9.78. The van der Waals surface area contributed by atoms with Crippen molar-refractivity contribution in [2.45, 2.75) is 32.7 Å². The van der Waals surface area contributed by atoms with E-state index in [1.165, 1.54) is 0 Å². The van der Waals surface area contributed by atoms with Crippen LogP contribution in [0.5, 0.6) is 0 Å². The van der Waals surface area contributed by atoms with Crippen LogP contribution in [0.25, 0.3) is 0 Å². The highest BCUT2D eigenvalue weighted by molar-refractivity contribution is 5.85. The Morgan fingerprint density at radius 1 is 1.44 bits per heavy atom. The lowest BCUT2D eigenvalue weighted by Gasteiger charge is -2.33. The van der Waals surface area contributed by atoms with E-state index in [0.717, 1.165) is 12.8 Å². The first-order valence-electron chi connectivity index (χ1n) is 5.80. The van der Waals surface area contributed by atoms with Gasteiger partial charge < -0.3 is 10.1 Å². The van der Waals surface area contributed by atoms with Crippen molar-refractivity contribution in [1.82, 2.24) is 5.32 Å². The van der Waals surface area contributed by atoms with Crippen LogP contribution in [0.1, 0.15) is 26.7 Å². The number of hydrogen-bond donors (Lipinski definition) is 1. The van der Waals surface area contributed by atoms with Gasteiger partial charge in [0.15, 0.2) is 0 Å². The normalized spacial score (nSPS) is 19.9. The molecule has 1 fully saturated rings. The van der Waals surface area contributed by atoms with Gasteiger partial charge in [0.2, 0.25) is 5.91 Å². The molecular weight excluding hydrogens is 202 g/mol. The van der Waals surface area contributed by atoms with E-state index in [2.05, 4.69) is 11.9 Å². The standard InChI is InChI=1S/C13H21NO2/c1-4-5-6-13(7-9-16-10-8-13)12(15)14-11(2)3/h4-6,11H,1,7-10H2,2-3H3,(H,14,15)/b6-5+. The highest BCUT2D eigenvalue weighted by Gasteiger charge is 2.37. The molecule has 1 N–H and O–H groups in total. The van der Waals surface area contributed by atoms with E-state index in [1.54, 1.807) is 6.08 Å². The van der Waals surface area contributed by atoms with Gasteiger partial charge in [-0.05, 0) is 26.7 Å². The van der Waals surface area contributed by atoms with E-state index in [4.69, 9.17) is 4.74 Å². The molecule has 0 saturated carbocycles. The van der Waals surface area contributed by atoms with Crippen LogP contribution in [0, 0.1) is 5.41 Å². The van der Waals surface area contributed by atoms with Crippen molar-refractivity contribution in [3.05, 3.63) is 24.8 Å². The molecule has 0 aromatic heterocycles. The summed E-state index contributed by atoms with van der Waals surface area (Å²) in [6, 6.07) is 0.171. The van der Waals surface area contributed by atoms with Gasteiger partial charge in [0.25, 0.3) is 0 Å². The number of carbonyl (C=O) groups excluding carboxylic acids is 1. The van der Waals surface area contributed by atoms with Crippen LogP contribution in [0.2, 0.25) is 0 Å². The molecule has 0 aromatic carbocycles. The van der Waals surface area contributed by atoms with Crippen molar-refractivity contribution in [3.8, 4) is 0 Å². The summed E-state index contributed by atoms with van der Waals surface area (Å²) in [7, 11) is 0. The van der Waals surface area contributed by atoms with E-state index >= 15 is 0 Å². The molecule has 0 atom stereocenters. The summed E-state index contributed by atoms with van der Waals surface area (Å²) >= 11 is 0. The summed E-state index contributed by atoms with van der Waals surface area (Å²) < 4.78 is 5.32. The molecular formula is C13H21NO2. The monoisotopic (exact) mass is 223 g/mol. The zero-order chi connectivity index (χ0) is 12.0. The molecule has 0 spiro atoms. The van der Waals surface area contributed by atoms with Crippen LogP contribution in [0.15, 0.2) is 24.8 Å². The van der Waals surface area contributed by atoms with Gasteiger partial charge in [0.1, 0.15) is 0 Å². The molecule has 1 saturated heterocycles. The fraction of sp³-hybridized carbons (Fsp3) is 0.615. The van der Waals surface area contributed by atoms with Gasteiger partial charge in [-0.1, -0.05) is 24.8 Å². The minimum atomic E-state index is -0.406. The van der Waals surface area contributed by atoms with Crippen LogP contribution in [0.3, 0.4) is 0 Å². The lowest BCUT2D eigenvalue weighted by Crippen LogP contribution is -2.45. The average molecular weight is 223 g/mol. The van der Waals surface area contributed by atoms with Crippen molar-refractivity contribution in [2.24, 2.45) is 5.41 Å². The Morgan fingerprint density at radius 2 is 2.06 bits per heavy atom. The highest BCUT2D eigenvalue weighted by Crippen LogP contribution is 2.32. The van der Waals surface area contributed by atoms with E-state index < -0.39 is 5.41 Å². The molecule has 0 bridgehead atoms. The molecule has 0 aliphatic carbocycles. The molecule has 1 heterocycles. The molecule has 1 rings (SSSR count). The summed E-state index contributed by atoms with van der Waals surface area (Å²) in [5.74, 6) is 0.101. The van der Waals surface area contributed by atoms with Gasteiger partial charge in [-0.2, -0.15) is 0 Å². The van der Waals surface area contributed by atoms with Crippen LogP contribution in [-0.4, -0.2) is 25.2 Å². The van der Waals surface area contributed by atoms with Gasteiger partial charge in [-0.15, -0.1) is 0 Å². The predicted molar refractivity (Wildman–Crippen MR) is 65.1 cm³/mol. The van der Waals surface area contributed by atoms with E-state index in [-0.39, 0.29) is 11.9 Å². The fourth-order valence-corrected chi connectivity index (χ4v) is 1.86. The van der Waals surface area contributed by atoms with Gasteiger partial charge in [0.05, 0.1) is 5.41 Å². The Labute approximate surface area is 97.6 Å². The first kappa shape index (κ1) is 13.0. The van der Waals surface area contributed by atoms with Crippen LogP contribution >= 0.6 is 0 Å². The topological polar surface area (TPSA) is 38.3 Å². The number of amides is 1. The summed E-state index contributed by atoms with van der Waals surface area (Å²) in [4.78, 5) is 12.2. The zero-order valence-corrected chi connectivity index (χ0v) is 10.2. The Kier molecular flexibility index (Phi) is 4.74.